The minimum atomic E-state index is -0.0695. The van der Waals surface area contributed by atoms with Gasteiger partial charge in [0.2, 0.25) is 0 Å². The number of hydrogen-bond donors (Lipinski definition) is 3. The van der Waals surface area contributed by atoms with Gasteiger partial charge in [0.25, 0.3) is 0 Å². The molecule has 17 heavy (non-hydrogen) atoms. The fraction of sp³-hybridized carbons (Fsp3) is 0.571. The summed E-state index contributed by atoms with van der Waals surface area (Å²) in [7, 11) is 0. The van der Waals surface area contributed by atoms with Crippen LogP contribution < -0.4 is 5.32 Å². The zero-order valence-electron chi connectivity index (χ0n) is 10.5. The van der Waals surface area contributed by atoms with Crippen molar-refractivity contribution in [3.63, 3.8) is 0 Å². The summed E-state index contributed by atoms with van der Waals surface area (Å²) in [6.45, 7) is 5.65. The van der Waals surface area contributed by atoms with Crippen molar-refractivity contribution in [1.29, 1.82) is 0 Å². The summed E-state index contributed by atoms with van der Waals surface area (Å²) in [5.41, 5.74) is 3.07. The zero-order valence-corrected chi connectivity index (χ0v) is 10.5. The standard InChI is InChI=1S/C14H21NO2/c1-9-3-11(4-10(2)14(9)17)7-15-8-12-5-13(16)6-12/h3-4,12-13,15-17H,5-8H2,1-2H3. The summed E-state index contributed by atoms with van der Waals surface area (Å²) in [6.07, 6.45) is 1.79. The van der Waals surface area contributed by atoms with Crippen molar-refractivity contribution in [3.05, 3.63) is 28.8 Å². The lowest BCUT2D eigenvalue weighted by Gasteiger charge is -2.31. The van der Waals surface area contributed by atoms with E-state index in [4.69, 9.17) is 0 Å². The Hall–Kier alpha value is -1.06. The lowest BCUT2D eigenvalue weighted by Crippen LogP contribution is -2.35. The van der Waals surface area contributed by atoms with E-state index in [0.29, 0.717) is 11.7 Å². The molecule has 1 aromatic rings. The van der Waals surface area contributed by atoms with Crippen LogP contribution in [0.3, 0.4) is 0 Å². The Balaban J connectivity index is 1.82. The van der Waals surface area contributed by atoms with Crippen molar-refractivity contribution < 1.29 is 10.2 Å². The molecule has 3 heteroatoms. The van der Waals surface area contributed by atoms with Gasteiger partial charge < -0.3 is 15.5 Å². The summed E-state index contributed by atoms with van der Waals surface area (Å²) in [4.78, 5) is 0. The smallest absolute Gasteiger partial charge is 0.121 e. The first-order chi connectivity index (χ1) is 8.06. The molecule has 0 bridgehead atoms. The van der Waals surface area contributed by atoms with Crippen LogP contribution >= 0.6 is 0 Å². The van der Waals surface area contributed by atoms with E-state index in [9.17, 15) is 10.2 Å². The van der Waals surface area contributed by atoms with Crippen molar-refractivity contribution in [3.8, 4) is 5.75 Å². The summed E-state index contributed by atoms with van der Waals surface area (Å²) in [5.74, 6) is 1.03. The quantitative estimate of drug-likeness (QED) is 0.746. The van der Waals surface area contributed by atoms with Crippen LogP contribution in [0, 0.1) is 19.8 Å². The number of aliphatic hydroxyl groups excluding tert-OH is 1. The van der Waals surface area contributed by atoms with Crippen molar-refractivity contribution >= 4 is 0 Å². The van der Waals surface area contributed by atoms with Crippen LogP contribution in [-0.4, -0.2) is 22.9 Å². The van der Waals surface area contributed by atoms with Gasteiger partial charge in [0.15, 0.2) is 0 Å². The molecular weight excluding hydrogens is 214 g/mol. The molecule has 3 nitrogen and oxygen atoms in total. The van der Waals surface area contributed by atoms with Gasteiger partial charge in [0.05, 0.1) is 6.10 Å². The normalized spacial score (nSPS) is 23.5. The summed E-state index contributed by atoms with van der Waals surface area (Å²) >= 11 is 0. The summed E-state index contributed by atoms with van der Waals surface area (Å²) in [6, 6.07) is 4.04. The van der Waals surface area contributed by atoms with Crippen LogP contribution in [0.1, 0.15) is 29.5 Å². The first kappa shape index (κ1) is 12.4. The Morgan fingerprint density at radius 2 is 1.82 bits per heavy atom. The highest BCUT2D eigenvalue weighted by Gasteiger charge is 2.26. The zero-order chi connectivity index (χ0) is 12.4. The third-order valence-electron chi connectivity index (χ3n) is 3.52. The SMILES string of the molecule is Cc1cc(CNCC2CC(O)C2)cc(C)c1O. The van der Waals surface area contributed by atoms with Gasteiger partial charge in [-0.15, -0.1) is 0 Å². The molecule has 0 spiro atoms. The largest absolute Gasteiger partial charge is 0.507 e. The molecule has 0 atom stereocenters. The number of phenols is 1. The molecule has 0 heterocycles. The monoisotopic (exact) mass is 235 g/mol. The van der Waals surface area contributed by atoms with Crippen LogP contribution in [0.25, 0.3) is 0 Å². The van der Waals surface area contributed by atoms with Gasteiger partial charge in [0, 0.05) is 6.54 Å². The number of nitrogens with one attached hydrogen (secondary N) is 1. The highest BCUT2D eigenvalue weighted by molar-refractivity contribution is 5.42. The third kappa shape index (κ3) is 2.99. The van der Waals surface area contributed by atoms with Crippen LogP contribution in [0.4, 0.5) is 0 Å². The van der Waals surface area contributed by atoms with Crippen LogP contribution in [0.5, 0.6) is 5.75 Å². The topological polar surface area (TPSA) is 52.5 Å². The minimum Gasteiger partial charge on any atom is -0.507 e. The van der Waals surface area contributed by atoms with E-state index in [2.05, 4.69) is 5.32 Å². The Bertz CT molecular complexity index is 374. The number of benzene rings is 1. The second kappa shape index (κ2) is 5.07. The van der Waals surface area contributed by atoms with Crippen molar-refractivity contribution in [2.24, 2.45) is 5.92 Å². The van der Waals surface area contributed by atoms with Gasteiger partial charge in [-0.1, -0.05) is 12.1 Å². The molecule has 0 saturated heterocycles. The minimum absolute atomic E-state index is 0.0695. The molecule has 1 saturated carbocycles. The maximum Gasteiger partial charge on any atom is 0.121 e. The van der Waals surface area contributed by atoms with E-state index in [1.54, 1.807) is 0 Å². The Morgan fingerprint density at radius 1 is 1.24 bits per heavy atom. The number of phenolic OH excluding ortho intramolecular Hbond substituents is 1. The maximum absolute atomic E-state index is 9.67. The molecule has 0 radical (unpaired) electrons. The second-order valence-electron chi connectivity index (χ2n) is 5.20. The predicted molar refractivity (Wildman–Crippen MR) is 68.0 cm³/mol. The molecule has 1 aliphatic carbocycles. The number of aromatic hydroxyl groups is 1. The molecule has 0 unspecified atom stereocenters. The van der Waals surface area contributed by atoms with E-state index < -0.39 is 0 Å². The fourth-order valence-electron chi connectivity index (χ4n) is 2.44. The highest BCUT2D eigenvalue weighted by atomic mass is 16.3. The van der Waals surface area contributed by atoms with E-state index in [0.717, 1.165) is 37.1 Å². The van der Waals surface area contributed by atoms with Gasteiger partial charge in [0.1, 0.15) is 5.75 Å². The first-order valence-electron chi connectivity index (χ1n) is 6.24. The molecule has 0 aliphatic heterocycles. The van der Waals surface area contributed by atoms with Crippen LogP contribution in [0.15, 0.2) is 12.1 Å². The fourth-order valence-corrected chi connectivity index (χ4v) is 2.44. The lowest BCUT2D eigenvalue weighted by molar-refractivity contribution is 0.0430. The second-order valence-corrected chi connectivity index (χ2v) is 5.20. The Kier molecular flexibility index (Phi) is 3.69. The average Bonchev–Trinajstić information content (AvgIpc) is 2.23. The van der Waals surface area contributed by atoms with Gasteiger partial charge >= 0.3 is 0 Å². The summed E-state index contributed by atoms with van der Waals surface area (Å²) < 4.78 is 0. The molecule has 1 aliphatic rings. The number of rotatable bonds is 4. The van der Waals surface area contributed by atoms with Crippen LogP contribution in [0.2, 0.25) is 0 Å². The van der Waals surface area contributed by atoms with Gasteiger partial charge in [-0.2, -0.15) is 0 Å². The highest BCUT2D eigenvalue weighted by Crippen LogP contribution is 2.26. The molecule has 2 rings (SSSR count). The van der Waals surface area contributed by atoms with Crippen molar-refractivity contribution in [2.75, 3.05) is 6.54 Å². The molecule has 1 fully saturated rings. The van der Waals surface area contributed by atoms with E-state index in [1.807, 2.05) is 26.0 Å². The van der Waals surface area contributed by atoms with Crippen molar-refractivity contribution in [1.82, 2.24) is 5.32 Å². The predicted octanol–water partition coefficient (Wildman–Crippen LogP) is 1.87. The van der Waals surface area contributed by atoms with Crippen molar-refractivity contribution in [2.45, 2.75) is 39.3 Å². The molecule has 94 valence electrons. The van der Waals surface area contributed by atoms with Crippen LogP contribution in [-0.2, 0) is 6.54 Å². The number of aliphatic hydroxyl groups is 1. The van der Waals surface area contributed by atoms with Gasteiger partial charge in [-0.05, 0) is 55.8 Å². The third-order valence-corrected chi connectivity index (χ3v) is 3.52. The first-order valence-corrected chi connectivity index (χ1v) is 6.24. The molecule has 0 amide bonds. The average molecular weight is 235 g/mol. The molecule has 3 N–H and O–H groups in total. The van der Waals surface area contributed by atoms with E-state index in [1.165, 1.54) is 5.56 Å². The van der Waals surface area contributed by atoms with E-state index in [-0.39, 0.29) is 6.10 Å². The maximum atomic E-state index is 9.67. The molecule has 1 aromatic carbocycles. The Morgan fingerprint density at radius 3 is 2.35 bits per heavy atom. The lowest BCUT2D eigenvalue weighted by atomic mass is 9.82. The summed E-state index contributed by atoms with van der Waals surface area (Å²) in [5, 5.41) is 22.3. The Labute approximate surface area is 102 Å². The number of aryl methyl sites for hydroxylation is 2. The number of hydrogen-bond acceptors (Lipinski definition) is 3. The molecular formula is C14H21NO2. The molecule has 0 aromatic heterocycles. The van der Waals surface area contributed by atoms with Gasteiger partial charge in [-0.25, -0.2) is 0 Å². The van der Waals surface area contributed by atoms with E-state index >= 15 is 0 Å². The van der Waals surface area contributed by atoms with Gasteiger partial charge in [-0.3, -0.25) is 0 Å².